The van der Waals surface area contributed by atoms with Crippen LogP contribution in [0.2, 0.25) is 0 Å². The van der Waals surface area contributed by atoms with E-state index in [4.69, 9.17) is 4.74 Å². The zero-order valence-electron chi connectivity index (χ0n) is 15.3. The number of halogens is 1. The molecule has 1 aliphatic rings. The van der Waals surface area contributed by atoms with E-state index in [0.717, 1.165) is 4.68 Å². The van der Waals surface area contributed by atoms with E-state index < -0.39 is 17.4 Å². The van der Waals surface area contributed by atoms with Gasteiger partial charge >= 0.3 is 5.69 Å². The maximum absolute atomic E-state index is 13.6. The Morgan fingerprint density at radius 1 is 1.32 bits per heavy atom. The highest BCUT2D eigenvalue weighted by Gasteiger charge is 2.20. The minimum Gasteiger partial charge on any atom is -0.378 e. The lowest BCUT2D eigenvalue weighted by Gasteiger charge is -2.27. The van der Waals surface area contributed by atoms with E-state index in [9.17, 15) is 14.0 Å². The molecule has 3 aromatic rings. The van der Waals surface area contributed by atoms with Crippen LogP contribution in [0.25, 0.3) is 5.65 Å². The average molecular weight is 386 g/mol. The van der Waals surface area contributed by atoms with Crippen LogP contribution < -0.4 is 15.9 Å². The van der Waals surface area contributed by atoms with Gasteiger partial charge in [-0.3, -0.25) is 4.79 Å². The lowest BCUT2D eigenvalue weighted by molar-refractivity contribution is -0.117. The molecule has 1 N–H and O–H groups in total. The fourth-order valence-corrected chi connectivity index (χ4v) is 3.04. The number of carbonyl (C=O) groups is 1. The van der Waals surface area contributed by atoms with Gasteiger partial charge in [0.1, 0.15) is 12.4 Å². The van der Waals surface area contributed by atoms with Crippen LogP contribution in [-0.2, 0) is 16.1 Å². The average Bonchev–Trinajstić information content (AvgIpc) is 3.01. The molecule has 9 nitrogen and oxygen atoms in total. The summed E-state index contributed by atoms with van der Waals surface area (Å²) < 4.78 is 21.4. The van der Waals surface area contributed by atoms with Crippen LogP contribution in [0.4, 0.5) is 15.9 Å². The Kier molecular flexibility index (Phi) is 4.78. The number of hydrogen-bond donors (Lipinski definition) is 1. The third-order valence-corrected chi connectivity index (χ3v) is 4.54. The Morgan fingerprint density at radius 2 is 2.11 bits per heavy atom. The third-order valence-electron chi connectivity index (χ3n) is 4.54. The SMILES string of the molecule is Cc1ccc(NC(=O)Cn2nc3c(N4CCOCC4)nccn3c2=O)cc1F. The van der Waals surface area contributed by atoms with E-state index in [0.29, 0.717) is 49.0 Å². The van der Waals surface area contributed by atoms with E-state index >= 15 is 0 Å². The second kappa shape index (κ2) is 7.39. The largest absolute Gasteiger partial charge is 0.378 e. The van der Waals surface area contributed by atoms with E-state index in [1.54, 1.807) is 19.1 Å². The molecule has 1 aromatic carbocycles. The van der Waals surface area contributed by atoms with Crippen LogP contribution in [0, 0.1) is 12.7 Å². The fraction of sp³-hybridized carbons (Fsp3) is 0.333. The van der Waals surface area contributed by atoms with Crippen molar-refractivity contribution < 1.29 is 13.9 Å². The molecule has 28 heavy (non-hydrogen) atoms. The lowest BCUT2D eigenvalue weighted by Crippen LogP contribution is -2.37. The van der Waals surface area contributed by atoms with Crippen molar-refractivity contribution in [2.24, 2.45) is 0 Å². The first-order chi connectivity index (χ1) is 13.5. The Bertz CT molecular complexity index is 1090. The van der Waals surface area contributed by atoms with E-state index in [1.807, 2.05) is 4.90 Å². The van der Waals surface area contributed by atoms with Gasteiger partial charge in [0.25, 0.3) is 0 Å². The maximum atomic E-state index is 13.6. The predicted octanol–water partition coefficient (Wildman–Crippen LogP) is 0.814. The third kappa shape index (κ3) is 3.46. The Hall–Kier alpha value is -3.27. The van der Waals surface area contributed by atoms with Gasteiger partial charge in [0, 0.05) is 31.2 Å². The van der Waals surface area contributed by atoms with Crippen LogP contribution in [0.3, 0.4) is 0 Å². The predicted molar refractivity (Wildman–Crippen MR) is 100 cm³/mol. The number of hydrogen-bond acceptors (Lipinski definition) is 6. The van der Waals surface area contributed by atoms with Crippen molar-refractivity contribution >= 4 is 23.1 Å². The summed E-state index contributed by atoms with van der Waals surface area (Å²) in [5, 5.41) is 6.87. The maximum Gasteiger partial charge on any atom is 0.350 e. The Morgan fingerprint density at radius 3 is 2.86 bits per heavy atom. The van der Waals surface area contributed by atoms with Gasteiger partial charge in [0.15, 0.2) is 5.82 Å². The molecule has 0 saturated carbocycles. The van der Waals surface area contributed by atoms with E-state index in [-0.39, 0.29) is 6.54 Å². The van der Waals surface area contributed by atoms with Crippen molar-refractivity contribution in [3.8, 4) is 0 Å². The van der Waals surface area contributed by atoms with Gasteiger partial charge in [0.2, 0.25) is 11.6 Å². The van der Waals surface area contributed by atoms with Gasteiger partial charge in [-0.05, 0) is 24.6 Å². The van der Waals surface area contributed by atoms with Crippen molar-refractivity contribution in [2.45, 2.75) is 13.5 Å². The number of nitrogens with zero attached hydrogens (tertiary/aromatic N) is 5. The number of anilines is 2. The standard InChI is InChI=1S/C18H19FN6O3/c1-12-2-3-13(10-14(12)19)21-15(26)11-25-18(27)24-5-4-20-16(17(24)22-25)23-6-8-28-9-7-23/h2-5,10H,6-9,11H2,1H3,(H,21,26). The van der Waals surface area contributed by atoms with Crippen molar-refractivity contribution in [3.05, 3.63) is 52.5 Å². The number of aryl methyl sites for hydroxylation is 1. The van der Waals surface area contributed by atoms with Gasteiger partial charge in [-0.25, -0.2) is 23.3 Å². The van der Waals surface area contributed by atoms with Crippen LogP contribution in [0.5, 0.6) is 0 Å². The second-order valence-electron chi connectivity index (χ2n) is 6.50. The number of nitrogens with one attached hydrogen (secondary N) is 1. The summed E-state index contributed by atoms with van der Waals surface area (Å²) in [4.78, 5) is 31.2. The van der Waals surface area contributed by atoms with Crippen molar-refractivity contribution in [2.75, 3.05) is 36.5 Å². The molecule has 10 heteroatoms. The van der Waals surface area contributed by atoms with Gasteiger partial charge in [-0.15, -0.1) is 5.10 Å². The summed E-state index contributed by atoms with van der Waals surface area (Å²) in [6, 6.07) is 4.41. The number of carbonyl (C=O) groups excluding carboxylic acids is 1. The molecule has 146 valence electrons. The molecule has 0 spiro atoms. The first-order valence-electron chi connectivity index (χ1n) is 8.86. The van der Waals surface area contributed by atoms with E-state index in [2.05, 4.69) is 15.4 Å². The molecule has 3 heterocycles. The molecular weight excluding hydrogens is 367 g/mol. The topological polar surface area (TPSA) is 93.8 Å². The molecule has 0 aliphatic carbocycles. The molecule has 4 rings (SSSR count). The fourth-order valence-electron chi connectivity index (χ4n) is 3.04. The zero-order chi connectivity index (χ0) is 19.7. The van der Waals surface area contributed by atoms with Crippen molar-refractivity contribution in [1.29, 1.82) is 0 Å². The molecule has 0 atom stereocenters. The first-order valence-corrected chi connectivity index (χ1v) is 8.86. The summed E-state index contributed by atoms with van der Waals surface area (Å²) in [5.41, 5.74) is 0.735. The van der Waals surface area contributed by atoms with Crippen LogP contribution in [0.15, 0.2) is 35.4 Å². The quantitative estimate of drug-likeness (QED) is 0.713. The zero-order valence-corrected chi connectivity index (χ0v) is 15.3. The van der Waals surface area contributed by atoms with Crippen LogP contribution >= 0.6 is 0 Å². The van der Waals surface area contributed by atoms with Crippen molar-refractivity contribution in [1.82, 2.24) is 19.2 Å². The number of fused-ring (bicyclic) bond motifs is 1. The van der Waals surface area contributed by atoms with E-state index in [1.165, 1.54) is 22.9 Å². The number of ether oxygens (including phenoxy) is 1. The molecule has 1 saturated heterocycles. The lowest BCUT2D eigenvalue weighted by atomic mass is 10.2. The monoisotopic (exact) mass is 386 g/mol. The smallest absolute Gasteiger partial charge is 0.350 e. The number of benzene rings is 1. The number of aromatic nitrogens is 4. The molecular formula is C18H19FN6O3. The Labute approximate surface area is 159 Å². The number of amides is 1. The summed E-state index contributed by atoms with van der Waals surface area (Å²) >= 11 is 0. The minimum atomic E-state index is -0.477. The minimum absolute atomic E-state index is 0.293. The summed E-state index contributed by atoms with van der Waals surface area (Å²) in [5.74, 6) is -0.318. The van der Waals surface area contributed by atoms with Crippen LogP contribution in [-0.4, -0.2) is 51.4 Å². The molecule has 1 aliphatic heterocycles. The van der Waals surface area contributed by atoms with Crippen LogP contribution in [0.1, 0.15) is 5.56 Å². The second-order valence-corrected chi connectivity index (χ2v) is 6.50. The molecule has 0 bridgehead atoms. The highest BCUT2D eigenvalue weighted by atomic mass is 19.1. The molecule has 1 fully saturated rings. The molecule has 0 unspecified atom stereocenters. The number of morpholine rings is 1. The highest BCUT2D eigenvalue weighted by molar-refractivity contribution is 5.90. The molecule has 1 amide bonds. The molecule has 0 radical (unpaired) electrons. The van der Waals surface area contributed by atoms with Gasteiger partial charge in [-0.1, -0.05) is 6.07 Å². The number of rotatable bonds is 4. The summed E-state index contributed by atoms with van der Waals surface area (Å²) in [6.07, 6.45) is 3.04. The summed E-state index contributed by atoms with van der Waals surface area (Å²) in [6.45, 7) is 3.78. The highest BCUT2D eigenvalue weighted by Crippen LogP contribution is 2.17. The Balaban J connectivity index is 1.58. The van der Waals surface area contributed by atoms with Gasteiger partial charge in [0.05, 0.1) is 13.2 Å². The summed E-state index contributed by atoms with van der Waals surface area (Å²) in [7, 11) is 0. The molecule has 2 aromatic heterocycles. The van der Waals surface area contributed by atoms with Gasteiger partial charge in [-0.2, -0.15) is 0 Å². The van der Waals surface area contributed by atoms with Crippen molar-refractivity contribution in [3.63, 3.8) is 0 Å². The first kappa shape index (κ1) is 18.1. The van der Waals surface area contributed by atoms with Gasteiger partial charge < -0.3 is 15.0 Å². The normalized spacial score (nSPS) is 14.4.